The van der Waals surface area contributed by atoms with Gasteiger partial charge in [0.1, 0.15) is 11.6 Å². The van der Waals surface area contributed by atoms with Crippen molar-refractivity contribution < 1.29 is 23.4 Å². The van der Waals surface area contributed by atoms with Crippen LogP contribution in [0.5, 0.6) is 5.75 Å². The SMILES string of the molecule is COc1cc([C@@H](C)Nc2ccccc2C(=O)O)c2nc3n(c(=O)c2c1)CCC31CC(F)(F)C1. The molecule has 1 saturated carbocycles. The van der Waals surface area contributed by atoms with Gasteiger partial charge in [-0.1, -0.05) is 12.1 Å². The highest BCUT2D eigenvalue weighted by molar-refractivity contribution is 5.94. The summed E-state index contributed by atoms with van der Waals surface area (Å²) in [5.41, 5.74) is 0.512. The first kappa shape index (κ1) is 21.4. The molecular weight excluding hydrogens is 432 g/mol. The highest BCUT2D eigenvalue weighted by atomic mass is 19.3. The maximum atomic E-state index is 13.8. The zero-order valence-electron chi connectivity index (χ0n) is 18.2. The topological polar surface area (TPSA) is 93.4 Å². The van der Waals surface area contributed by atoms with E-state index in [1.54, 1.807) is 30.3 Å². The van der Waals surface area contributed by atoms with E-state index in [-0.39, 0.29) is 24.0 Å². The molecule has 33 heavy (non-hydrogen) atoms. The molecule has 0 amide bonds. The Hall–Kier alpha value is -3.49. The zero-order valence-corrected chi connectivity index (χ0v) is 18.2. The van der Waals surface area contributed by atoms with Crippen molar-refractivity contribution in [2.75, 3.05) is 12.4 Å². The van der Waals surface area contributed by atoms with Gasteiger partial charge in [-0.25, -0.2) is 18.6 Å². The fourth-order valence-electron chi connectivity index (χ4n) is 5.20. The van der Waals surface area contributed by atoms with Crippen molar-refractivity contribution in [2.45, 2.75) is 50.1 Å². The molecule has 1 aromatic heterocycles. The average Bonchev–Trinajstić information content (AvgIpc) is 3.11. The van der Waals surface area contributed by atoms with Crippen LogP contribution in [0.4, 0.5) is 14.5 Å². The van der Waals surface area contributed by atoms with Crippen molar-refractivity contribution in [3.05, 3.63) is 63.7 Å². The van der Waals surface area contributed by atoms with Crippen LogP contribution in [-0.2, 0) is 12.0 Å². The van der Waals surface area contributed by atoms with Crippen LogP contribution < -0.4 is 15.6 Å². The van der Waals surface area contributed by atoms with E-state index in [1.807, 2.05) is 6.92 Å². The van der Waals surface area contributed by atoms with Crippen molar-refractivity contribution in [1.29, 1.82) is 0 Å². The predicted molar refractivity (Wildman–Crippen MR) is 118 cm³/mol. The summed E-state index contributed by atoms with van der Waals surface area (Å²) < 4.78 is 34.5. The molecule has 7 nitrogen and oxygen atoms in total. The zero-order chi connectivity index (χ0) is 23.5. The summed E-state index contributed by atoms with van der Waals surface area (Å²) in [5, 5.41) is 13.0. The Morgan fingerprint density at radius 1 is 1.27 bits per heavy atom. The number of carbonyl (C=O) groups is 1. The standard InChI is InChI=1S/C24H23F2N3O4/c1-13(27-18-6-4-3-5-15(18)21(31)32)16-9-14(33-2)10-17-19(16)28-22-23(11-24(25,26)12-23)7-8-29(22)20(17)30/h3-6,9-10,13,27H,7-8,11-12H2,1-2H3,(H,31,32)/t13-/m1/s1. The lowest BCUT2D eigenvalue weighted by atomic mass is 9.65. The number of ether oxygens (including phenoxy) is 1. The monoisotopic (exact) mass is 455 g/mol. The van der Waals surface area contributed by atoms with Crippen LogP contribution in [0.25, 0.3) is 10.9 Å². The van der Waals surface area contributed by atoms with Gasteiger partial charge in [-0.2, -0.15) is 0 Å². The fraction of sp³-hybridized carbons (Fsp3) is 0.375. The Balaban J connectivity index is 1.65. The molecule has 2 aliphatic rings. The molecule has 2 heterocycles. The Kier molecular flexibility index (Phi) is 4.70. The number of anilines is 1. The number of nitrogens with zero attached hydrogens (tertiary/aromatic N) is 2. The van der Waals surface area contributed by atoms with E-state index >= 15 is 0 Å². The minimum atomic E-state index is -2.74. The molecule has 1 atom stereocenters. The molecule has 1 aliphatic heterocycles. The number of aromatic carboxylic acids is 1. The average molecular weight is 455 g/mol. The number of halogens is 2. The second-order valence-electron chi connectivity index (χ2n) is 8.96. The highest BCUT2D eigenvalue weighted by Crippen LogP contribution is 2.57. The molecule has 0 saturated heterocycles. The second-order valence-corrected chi connectivity index (χ2v) is 8.96. The Morgan fingerprint density at radius 3 is 2.67 bits per heavy atom. The molecule has 3 aromatic rings. The minimum absolute atomic E-state index is 0.112. The van der Waals surface area contributed by atoms with Crippen molar-refractivity contribution in [3.8, 4) is 5.75 Å². The van der Waals surface area contributed by atoms with E-state index in [0.717, 1.165) is 0 Å². The van der Waals surface area contributed by atoms with Crippen molar-refractivity contribution in [1.82, 2.24) is 9.55 Å². The molecule has 2 aromatic carbocycles. The maximum Gasteiger partial charge on any atom is 0.337 e. The number of nitrogens with one attached hydrogen (secondary N) is 1. The summed E-state index contributed by atoms with van der Waals surface area (Å²) in [6.45, 7) is 2.19. The van der Waals surface area contributed by atoms with Crippen LogP contribution in [0, 0.1) is 0 Å². The summed E-state index contributed by atoms with van der Waals surface area (Å²) in [4.78, 5) is 29.7. The third-order valence-electron chi connectivity index (χ3n) is 6.78. The number of aromatic nitrogens is 2. The van der Waals surface area contributed by atoms with Crippen LogP contribution in [0.3, 0.4) is 0 Å². The lowest BCUT2D eigenvalue weighted by Crippen LogP contribution is -2.49. The van der Waals surface area contributed by atoms with Gasteiger partial charge in [-0.05, 0) is 37.6 Å². The first-order chi connectivity index (χ1) is 15.6. The van der Waals surface area contributed by atoms with Gasteiger partial charge >= 0.3 is 5.97 Å². The number of carboxylic acid groups (broad SMARTS) is 1. The Labute approximate surface area is 188 Å². The number of benzene rings is 2. The molecule has 0 unspecified atom stereocenters. The number of para-hydroxylation sites is 1. The Morgan fingerprint density at radius 2 is 2.00 bits per heavy atom. The van der Waals surface area contributed by atoms with Gasteiger partial charge in [-0.3, -0.25) is 9.36 Å². The summed E-state index contributed by atoms with van der Waals surface area (Å²) >= 11 is 0. The van der Waals surface area contributed by atoms with Gasteiger partial charge in [-0.15, -0.1) is 0 Å². The van der Waals surface area contributed by atoms with Gasteiger partial charge in [0.05, 0.1) is 29.6 Å². The molecular formula is C24H23F2N3O4. The van der Waals surface area contributed by atoms with Crippen LogP contribution in [0.2, 0.25) is 0 Å². The van der Waals surface area contributed by atoms with E-state index in [0.29, 0.717) is 46.7 Å². The number of alkyl halides is 2. The van der Waals surface area contributed by atoms with Crippen molar-refractivity contribution >= 4 is 22.6 Å². The van der Waals surface area contributed by atoms with Gasteiger partial charge in [0.15, 0.2) is 0 Å². The Bertz CT molecular complexity index is 1340. The molecule has 172 valence electrons. The predicted octanol–water partition coefficient (Wildman–Crippen LogP) is 4.35. The lowest BCUT2D eigenvalue weighted by Gasteiger charge is -2.43. The normalized spacial score (nSPS) is 18.5. The molecule has 9 heteroatoms. The van der Waals surface area contributed by atoms with Gasteiger partial charge in [0.25, 0.3) is 5.56 Å². The van der Waals surface area contributed by atoms with E-state index in [4.69, 9.17) is 9.72 Å². The molecule has 0 bridgehead atoms. The minimum Gasteiger partial charge on any atom is -0.497 e. The number of carboxylic acids is 1. The van der Waals surface area contributed by atoms with Gasteiger partial charge < -0.3 is 15.2 Å². The molecule has 2 N–H and O–H groups in total. The smallest absolute Gasteiger partial charge is 0.337 e. The molecule has 1 fully saturated rings. The molecule has 0 radical (unpaired) electrons. The highest BCUT2D eigenvalue weighted by Gasteiger charge is 2.61. The third kappa shape index (κ3) is 3.34. The van der Waals surface area contributed by atoms with Crippen molar-refractivity contribution in [3.63, 3.8) is 0 Å². The van der Waals surface area contributed by atoms with Gasteiger partial charge in [0.2, 0.25) is 5.92 Å². The van der Waals surface area contributed by atoms with Crippen LogP contribution in [-0.4, -0.2) is 33.7 Å². The first-order valence-corrected chi connectivity index (χ1v) is 10.7. The van der Waals surface area contributed by atoms with E-state index in [9.17, 15) is 23.5 Å². The lowest BCUT2D eigenvalue weighted by molar-refractivity contribution is -0.127. The summed E-state index contributed by atoms with van der Waals surface area (Å²) in [6, 6.07) is 9.43. The number of methoxy groups -OCH3 is 1. The summed E-state index contributed by atoms with van der Waals surface area (Å²) in [5.74, 6) is -2.93. The van der Waals surface area contributed by atoms with Crippen LogP contribution >= 0.6 is 0 Å². The summed E-state index contributed by atoms with van der Waals surface area (Å²) in [6.07, 6.45) is -0.139. The number of fused-ring (bicyclic) bond motifs is 3. The maximum absolute atomic E-state index is 13.8. The summed E-state index contributed by atoms with van der Waals surface area (Å²) in [7, 11) is 1.49. The van der Waals surface area contributed by atoms with E-state index < -0.39 is 23.3 Å². The largest absolute Gasteiger partial charge is 0.497 e. The first-order valence-electron chi connectivity index (χ1n) is 10.7. The number of rotatable bonds is 5. The molecule has 1 aliphatic carbocycles. The van der Waals surface area contributed by atoms with Crippen molar-refractivity contribution in [2.24, 2.45) is 0 Å². The van der Waals surface area contributed by atoms with E-state index in [2.05, 4.69) is 5.32 Å². The quantitative estimate of drug-likeness (QED) is 0.594. The molecule has 5 rings (SSSR count). The molecule has 1 spiro atoms. The van der Waals surface area contributed by atoms with Gasteiger partial charge in [0, 0.05) is 36.1 Å². The number of hydrogen-bond acceptors (Lipinski definition) is 5. The van der Waals surface area contributed by atoms with Crippen LogP contribution in [0.15, 0.2) is 41.2 Å². The fourth-order valence-corrected chi connectivity index (χ4v) is 5.20. The van der Waals surface area contributed by atoms with E-state index in [1.165, 1.54) is 17.7 Å². The van der Waals surface area contributed by atoms with Crippen LogP contribution in [0.1, 0.15) is 54.0 Å². The third-order valence-corrected chi connectivity index (χ3v) is 6.78. The number of hydrogen-bond donors (Lipinski definition) is 2. The second kappa shape index (κ2) is 7.26.